The fraction of sp³-hybridized carbons (Fsp3) is 0.776. The van der Waals surface area contributed by atoms with E-state index in [0.717, 1.165) is 77.0 Å². The summed E-state index contributed by atoms with van der Waals surface area (Å²) < 4.78 is 17.4. The summed E-state index contributed by atoms with van der Waals surface area (Å²) in [5, 5.41) is 9.67. The number of likely N-dealkylation sites (N-methyl/N-ethyl adjacent to an activating group) is 1. The van der Waals surface area contributed by atoms with Crippen molar-refractivity contribution in [2.24, 2.45) is 0 Å². The minimum atomic E-state index is -0.877. The van der Waals surface area contributed by atoms with E-state index in [0.29, 0.717) is 19.3 Å². The maximum Gasteiger partial charge on any atom is 0.362 e. The van der Waals surface area contributed by atoms with Crippen LogP contribution < -0.4 is 0 Å². The summed E-state index contributed by atoms with van der Waals surface area (Å²) in [6.07, 6.45) is 61.3. The van der Waals surface area contributed by atoms with Gasteiger partial charge < -0.3 is 23.8 Å². The molecular weight excluding hydrogens is 823 g/mol. The SMILES string of the molecule is CC/C=C/C/C=C/C/C=C/CCCCCCCCCCCC(=O)OCC(COCCC(C(=O)O)[N+](C)(C)C)OC(=O)CCCCCCCCC/C=C/C/C=C/CCCCCCCCCCC. The van der Waals surface area contributed by atoms with E-state index in [1.54, 1.807) is 0 Å². The molecule has 0 aliphatic carbocycles. The Bertz CT molecular complexity index is 1260. The Morgan fingerprint density at radius 1 is 0.470 bits per heavy atom. The number of carbonyl (C=O) groups is 3. The molecule has 1 N–H and O–H groups in total. The van der Waals surface area contributed by atoms with E-state index in [-0.39, 0.29) is 36.2 Å². The first-order chi connectivity index (χ1) is 32.1. The van der Waals surface area contributed by atoms with Gasteiger partial charge in [0.1, 0.15) is 6.61 Å². The third kappa shape index (κ3) is 46.2. The van der Waals surface area contributed by atoms with Crippen molar-refractivity contribution in [3.8, 4) is 0 Å². The van der Waals surface area contributed by atoms with Crippen molar-refractivity contribution in [2.45, 2.75) is 251 Å². The van der Waals surface area contributed by atoms with E-state index in [2.05, 4.69) is 74.6 Å². The van der Waals surface area contributed by atoms with Crippen LogP contribution in [0.2, 0.25) is 0 Å². The van der Waals surface area contributed by atoms with Crippen LogP contribution >= 0.6 is 0 Å². The second kappa shape index (κ2) is 48.5. The van der Waals surface area contributed by atoms with Gasteiger partial charge in [-0.05, 0) is 77.0 Å². The topological polar surface area (TPSA) is 99.1 Å². The number of esters is 2. The van der Waals surface area contributed by atoms with Gasteiger partial charge >= 0.3 is 17.9 Å². The first kappa shape index (κ1) is 63.0. The van der Waals surface area contributed by atoms with Crippen molar-refractivity contribution in [3.63, 3.8) is 0 Å². The van der Waals surface area contributed by atoms with Crippen molar-refractivity contribution in [1.82, 2.24) is 0 Å². The molecule has 0 aliphatic heterocycles. The van der Waals surface area contributed by atoms with Gasteiger partial charge in [-0.2, -0.15) is 0 Å². The number of hydrogen-bond donors (Lipinski definition) is 1. The number of carboxylic acids is 1. The number of hydrogen-bond acceptors (Lipinski definition) is 6. The molecule has 0 aromatic carbocycles. The lowest BCUT2D eigenvalue weighted by Crippen LogP contribution is -2.50. The number of quaternary nitrogens is 1. The second-order valence-electron chi connectivity index (χ2n) is 19.5. The van der Waals surface area contributed by atoms with Crippen LogP contribution in [0.25, 0.3) is 0 Å². The van der Waals surface area contributed by atoms with Crippen LogP contribution in [0.5, 0.6) is 0 Å². The van der Waals surface area contributed by atoms with Gasteiger partial charge in [0.2, 0.25) is 0 Å². The van der Waals surface area contributed by atoms with Crippen LogP contribution in [0.4, 0.5) is 0 Å². The van der Waals surface area contributed by atoms with Crippen LogP contribution in [0.1, 0.15) is 239 Å². The summed E-state index contributed by atoms with van der Waals surface area (Å²) in [6, 6.07) is -0.620. The normalized spacial score (nSPS) is 13.3. The van der Waals surface area contributed by atoms with Gasteiger partial charge in [-0.25, -0.2) is 4.79 Å². The van der Waals surface area contributed by atoms with Crippen molar-refractivity contribution in [2.75, 3.05) is 41.0 Å². The number of unbranched alkanes of at least 4 members (excludes halogenated alkanes) is 25. The number of aliphatic carboxylic acids is 1. The Hall–Kier alpha value is -2.97. The van der Waals surface area contributed by atoms with Gasteiger partial charge in [-0.1, -0.05) is 203 Å². The van der Waals surface area contributed by atoms with E-state index in [1.807, 2.05) is 21.1 Å². The van der Waals surface area contributed by atoms with Gasteiger partial charge in [0.25, 0.3) is 0 Å². The third-order valence-electron chi connectivity index (χ3n) is 12.2. The minimum Gasteiger partial charge on any atom is -0.477 e. The third-order valence-corrected chi connectivity index (χ3v) is 12.2. The van der Waals surface area contributed by atoms with E-state index in [1.165, 1.54) is 128 Å². The van der Waals surface area contributed by atoms with Gasteiger partial charge in [0.15, 0.2) is 12.1 Å². The number of nitrogens with zero attached hydrogens (tertiary/aromatic N) is 1. The van der Waals surface area contributed by atoms with Crippen LogP contribution in [-0.4, -0.2) is 80.6 Å². The monoisotopic (exact) mass is 927 g/mol. The molecule has 0 rings (SSSR count). The Balaban J connectivity index is 4.23. The molecule has 0 radical (unpaired) electrons. The summed E-state index contributed by atoms with van der Waals surface area (Å²) in [5.41, 5.74) is 0. The Labute approximate surface area is 407 Å². The summed E-state index contributed by atoms with van der Waals surface area (Å²) in [5.74, 6) is -1.48. The summed E-state index contributed by atoms with van der Waals surface area (Å²) >= 11 is 0. The Kier molecular flexibility index (Phi) is 46.3. The molecule has 66 heavy (non-hydrogen) atoms. The van der Waals surface area contributed by atoms with E-state index < -0.39 is 18.1 Å². The van der Waals surface area contributed by atoms with Crippen LogP contribution in [0.15, 0.2) is 60.8 Å². The van der Waals surface area contributed by atoms with E-state index >= 15 is 0 Å². The van der Waals surface area contributed by atoms with Crippen LogP contribution in [0.3, 0.4) is 0 Å². The molecule has 0 saturated heterocycles. The van der Waals surface area contributed by atoms with Gasteiger partial charge in [0, 0.05) is 19.3 Å². The quantitative estimate of drug-likeness (QED) is 0.0281. The molecule has 0 aliphatic rings. The Morgan fingerprint density at radius 3 is 1.26 bits per heavy atom. The average Bonchev–Trinajstić information content (AvgIpc) is 3.28. The average molecular weight is 927 g/mol. The molecule has 0 spiro atoms. The molecule has 0 fully saturated rings. The number of ether oxygens (including phenoxy) is 3. The molecule has 2 atom stereocenters. The lowest BCUT2D eigenvalue weighted by molar-refractivity contribution is -0.887. The molecule has 382 valence electrons. The van der Waals surface area contributed by atoms with Crippen molar-refractivity contribution < 1.29 is 38.2 Å². The molecular formula is C58H104NO7+. The van der Waals surface area contributed by atoms with E-state index in [9.17, 15) is 19.5 Å². The minimum absolute atomic E-state index is 0.0551. The van der Waals surface area contributed by atoms with Gasteiger partial charge in [-0.3, -0.25) is 9.59 Å². The molecule has 8 heteroatoms. The zero-order valence-corrected chi connectivity index (χ0v) is 43.6. The highest BCUT2D eigenvalue weighted by molar-refractivity contribution is 5.72. The maximum atomic E-state index is 12.8. The molecule has 0 aromatic heterocycles. The molecule has 2 unspecified atom stereocenters. The largest absolute Gasteiger partial charge is 0.477 e. The van der Waals surface area contributed by atoms with Crippen molar-refractivity contribution in [3.05, 3.63) is 60.8 Å². The highest BCUT2D eigenvalue weighted by Crippen LogP contribution is 2.15. The summed E-state index contributed by atoms with van der Waals surface area (Å²) in [4.78, 5) is 37.2. The highest BCUT2D eigenvalue weighted by Gasteiger charge is 2.31. The van der Waals surface area contributed by atoms with Gasteiger partial charge in [-0.15, -0.1) is 0 Å². The lowest BCUT2D eigenvalue weighted by Gasteiger charge is -2.31. The van der Waals surface area contributed by atoms with Crippen molar-refractivity contribution in [1.29, 1.82) is 0 Å². The Morgan fingerprint density at radius 2 is 0.848 bits per heavy atom. The summed E-state index contributed by atoms with van der Waals surface area (Å²) in [6.45, 7) is 4.64. The van der Waals surface area contributed by atoms with Gasteiger partial charge in [0.05, 0.1) is 34.4 Å². The number of carboxylic acid groups (broad SMARTS) is 1. The van der Waals surface area contributed by atoms with E-state index in [4.69, 9.17) is 14.2 Å². The number of rotatable bonds is 49. The first-order valence-corrected chi connectivity index (χ1v) is 27.3. The summed E-state index contributed by atoms with van der Waals surface area (Å²) in [7, 11) is 5.53. The number of allylic oxidation sites excluding steroid dienone is 10. The zero-order chi connectivity index (χ0) is 48.4. The predicted molar refractivity (Wildman–Crippen MR) is 280 cm³/mol. The molecule has 0 saturated carbocycles. The second-order valence-corrected chi connectivity index (χ2v) is 19.5. The fourth-order valence-electron chi connectivity index (χ4n) is 7.96. The smallest absolute Gasteiger partial charge is 0.362 e. The molecule has 0 amide bonds. The fourth-order valence-corrected chi connectivity index (χ4v) is 7.96. The predicted octanol–water partition coefficient (Wildman–Crippen LogP) is 16.1. The first-order valence-electron chi connectivity index (χ1n) is 27.3. The molecule has 8 nitrogen and oxygen atoms in total. The molecule has 0 bridgehead atoms. The maximum absolute atomic E-state index is 12.8. The van der Waals surface area contributed by atoms with Crippen molar-refractivity contribution >= 4 is 17.9 Å². The van der Waals surface area contributed by atoms with Crippen LogP contribution in [0, 0.1) is 0 Å². The highest BCUT2D eigenvalue weighted by atomic mass is 16.6. The molecule has 0 aromatic rings. The standard InChI is InChI=1S/C58H103NO7/c1-6-8-10-12-14-16-18-20-22-24-26-27-28-29-31-33-35-37-39-41-43-45-47-49-57(61)66-54(52-64-51-50-55(58(62)63)59(3,4)5)53-65-56(60)48-46-44-42-40-38-36-34-32-30-25-23-21-19-17-15-13-11-9-7-2/h9,11,15,17,21,23,26-27,29,31,54-55H,6-8,10,12-14,16,18-20,22,24-25,28,30,32-53H2,1-5H3/p+1/b11-9+,17-15+,23-21+,27-26+,31-29+. The molecule has 0 heterocycles. The lowest BCUT2D eigenvalue weighted by atomic mass is 10.1. The zero-order valence-electron chi connectivity index (χ0n) is 43.6. The van der Waals surface area contributed by atoms with Crippen LogP contribution in [-0.2, 0) is 28.6 Å². The number of carbonyl (C=O) groups excluding carboxylic acids is 2.